The lowest BCUT2D eigenvalue weighted by Crippen LogP contribution is -2.42. The number of nitrogens with two attached hydrogens (primary N) is 2. The molecule has 2 rings (SSSR count). The fourth-order valence-electron chi connectivity index (χ4n) is 3.42. The molecule has 2 saturated carbocycles. The summed E-state index contributed by atoms with van der Waals surface area (Å²) in [6.45, 7) is 0. The van der Waals surface area contributed by atoms with Crippen LogP contribution in [0.4, 0.5) is 0 Å². The topological polar surface area (TPSA) is 98.2 Å². The highest BCUT2D eigenvalue weighted by molar-refractivity contribution is 5.78. The summed E-state index contributed by atoms with van der Waals surface area (Å²) in [5.41, 5.74) is 11.3. The molecule has 19 heavy (non-hydrogen) atoms. The Balaban J connectivity index is 1.77. The van der Waals surface area contributed by atoms with Crippen LogP contribution < -0.4 is 16.8 Å². The summed E-state index contributed by atoms with van der Waals surface area (Å²) in [5, 5.41) is 3.05. The van der Waals surface area contributed by atoms with Gasteiger partial charge in [0.2, 0.25) is 11.8 Å². The fourth-order valence-corrected chi connectivity index (χ4v) is 3.42. The first-order chi connectivity index (χ1) is 9.06. The molecular weight excluding hydrogens is 242 g/mol. The first kappa shape index (κ1) is 14.3. The fraction of sp³-hybridized carbons (Fsp3) is 0.857. The van der Waals surface area contributed by atoms with Crippen LogP contribution in [0.25, 0.3) is 0 Å². The van der Waals surface area contributed by atoms with Crippen molar-refractivity contribution in [2.75, 3.05) is 0 Å². The molecule has 5 heteroatoms. The predicted octanol–water partition coefficient (Wildman–Crippen LogP) is 0.664. The molecule has 2 aliphatic carbocycles. The van der Waals surface area contributed by atoms with Crippen LogP contribution in [0.2, 0.25) is 0 Å². The van der Waals surface area contributed by atoms with Crippen LogP contribution in [0.15, 0.2) is 0 Å². The highest BCUT2D eigenvalue weighted by Gasteiger charge is 2.29. The van der Waals surface area contributed by atoms with Crippen molar-refractivity contribution in [1.82, 2.24) is 5.32 Å². The Morgan fingerprint density at radius 3 is 2.47 bits per heavy atom. The van der Waals surface area contributed by atoms with Crippen molar-refractivity contribution in [2.45, 2.75) is 63.5 Å². The van der Waals surface area contributed by atoms with Gasteiger partial charge in [0.25, 0.3) is 0 Å². The van der Waals surface area contributed by atoms with E-state index < -0.39 is 0 Å². The van der Waals surface area contributed by atoms with Crippen LogP contribution in [-0.2, 0) is 9.59 Å². The zero-order valence-electron chi connectivity index (χ0n) is 11.4. The number of primary amides is 1. The van der Waals surface area contributed by atoms with Crippen LogP contribution in [-0.4, -0.2) is 23.9 Å². The Bertz CT molecular complexity index is 346. The van der Waals surface area contributed by atoms with Crippen molar-refractivity contribution in [3.63, 3.8) is 0 Å². The van der Waals surface area contributed by atoms with Crippen LogP contribution in [0.1, 0.15) is 51.4 Å². The smallest absolute Gasteiger partial charge is 0.220 e. The summed E-state index contributed by atoms with van der Waals surface area (Å²) in [7, 11) is 0. The maximum Gasteiger partial charge on any atom is 0.220 e. The Kier molecular flexibility index (Phi) is 4.80. The first-order valence-corrected chi connectivity index (χ1v) is 7.40. The van der Waals surface area contributed by atoms with Crippen molar-refractivity contribution in [2.24, 2.45) is 23.3 Å². The van der Waals surface area contributed by atoms with E-state index in [1.807, 2.05) is 0 Å². The largest absolute Gasteiger partial charge is 0.369 e. The van der Waals surface area contributed by atoms with E-state index in [4.69, 9.17) is 11.5 Å². The van der Waals surface area contributed by atoms with Crippen molar-refractivity contribution in [3.8, 4) is 0 Å². The van der Waals surface area contributed by atoms with Gasteiger partial charge < -0.3 is 16.8 Å². The van der Waals surface area contributed by atoms with Gasteiger partial charge in [0.05, 0.1) is 0 Å². The van der Waals surface area contributed by atoms with E-state index in [1.165, 1.54) is 0 Å². The van der Waals surface area contributed by atoms with Gasteiger partial charge in [-0.05, 0) is 38.0 Å². The highest BCUT2D eigenvalue weighted by Crippen LogP contribution is 2.28. The van der Waals surface area contributed by atoms with Gasteiger partial charge >= 0.3 is 0 Å². The van der Waals surface area contributed by atoms with Gasteiger partial charge in [0.1, 0.15) is 0 Å². The molecule has 4 atom stereocenters. The van der Waals surface area contributed by atoms with E-state index in [2.05, 4.69) is 5.32 Å². The molecule has 0 aromatic heterocycles. The average molecular weight is 267 g/mol. The number of rotatable bonds is 4. The van der Waals surface area contributed by atoms with Gasteiger partial charge in [0.15, 0.2) is 0 Å². The lowest BCUT2D eigenvalue weighted by molar-refractivity contribution is -0.126. The molecule has 0 heterocycles. The lowest BCUT2D eigenvalue weighted by atomic mass is 9.85. The Morgan fingerprint density at radius 2 is 1.84 bits per heavy atom. The monoisotopic (exact) mass is 267 g/mol. The summed E-state index contributed by atoms with van der Waals surface area (Å²) in [5.74, 6) is 0.0950. The molecule has 0 aromatic rings. The molecule has 2 unspecified atom stereocenters. The minimum absolute atomic E-state index is 0.0761. The number of carbonyl (C=O) groups is 2. The highest BCUT2D eigenvalue weighted by atomic mass is 16.2. The quantitative estimate of drug-likeness (QED) is 0.698. The SMILES string of the molecule is NC(=O)C1CCCC(NC(=O)C[C@@H]2CCC[C@H]2N)C1. The van der Waals surface area contributed by atoms with Crippen molar-refractivity contribution < 1.29 is 9.59 Å². The second-order valence-corrected chi connectivity index (χ2v) is 6.09. The van der Waals surface area contributed by atoms with E-state index >= 15 is 0 Å². The Labute approximate surface area is 114 Å². The number of carbonyl (C=O) groups excluding carboxylic acids is 2. The van der Waals surface area contributed by atoms with Crippen LogP contribution in [0.3, 0.4) is 0 Å². The van der Waals surface area contributed by atoms with Crippen molar-refractivity contribution >= 4 is 11.8 Å². The third-order valence-electron chi connectivity index (χ3n) is 4.61. The molecule has 0 aliphatic heterocycles. The molecule has 5 nitrogen and oxygen atoms in total. The zero-order chi connectivity index (χ0) is 13.8. The molecule has 0 spiro atoms. The number of hydrogen-bond acceptors (Lipinski definition) is 3. The lowest BCUT2D eigenvalue weighted by Gasteiger charge is -2.28. The van der Waals surface area contributed by atoms with Crippen LogP contribution >= 0.6 is 0 Å². The Morgan fingerprint density at radius 1 is 1.11 bits per heavy atom. The van der Waals surface area contributed by atoms with E-state index in [0.717, 1.165) is 38.5 Å². The van der Waals surface area contributed by atoms with E-state index in [-0.39, 0.29) is 29.8 Å². The van der Waals surface area contributed by atoms with Gasteiger partial charge in [-0.15, -0.1) is 0 Å². The maximum absolute atomic E-state index is 12.0. The van der Waals surface area contributed by atoms with Crippen molar-refractivity contribution in [1.29, 1.82) is 0 Å². The summed E-state index contributed by atoms with van der Waals surface area (Å²) >= 11 is 0. The van der Waals surface area contributed by atoms with E-state index in [1.54, 1.807) is 0 Å². The standard InChI is InChI=1S/C14H25N3O2/c15-12-6-2-3-9(12)8-13(18)17-11-5-1-4-10(7-11)14(16)19/h9-12H,1-8,15H2,(H2,16,19)(H,17,18)/t9-,10?,11?,12+/m0/s1. The predicted molar refractivity (Wildman–Crippen MR) is 73.0 cm³/mol. The molecule has 0 bridgehead atoms. The first-order valence-electron chi connectivity index (χ1n) is 7.40. The van der Waals surface area contributed by atoms with Crippen LogP contribution in [0.5, 0.6) is 0 Å². The molecule has 2 amide bonds. The number of amides is 2. The third-order valence-corrected chi connectivity index (χ3v) is 4.61. The molecule has 108 valence electrons. The number of nitrogens with one attached hydrogen (secondary N) is 1. The van der Waals surface area contributed by atoms with Gasteiger partial charge in [-0.3, -0.25) is 9.59 Å². The molecule has 5 N–H and O–H groups in total. The van der Waals surface area contributed by atoms with Gasteiger partial charge in [-0.25, -0.2) is 0 Å². The summed E-state index contributed by atoms with van der Waals surface area (Å²) < 4.78 is 0. The van der Waals surface area contributed by atoms with Gasteiger partial charge in [0, 0.05) is 24.4 Å². The molecule has 2 fully saturated rings. The minimum atomic E-state index is -0.239. The van der Waals surface area contributed by atoms with Gasteiger partial charge in [-0.2, -0.15) is 0 Å². The molecule has 0 saturated heterocycles. The molecule has 0 radical (unpaired) electrons. The summed E-state index contributed by atoms with van der Waals surface area (Å²) in [6.07, 6.45) is 7.21. The Hall–Kier alpha value is -1.10. The summed E-state index contributed by atoms with van der Waals surface area (Å²) in [4.78, 5) is 23.2. The molecule has 0 aromatic carbocycles. The summed E-state index contributed by atoms with van der Waals surface area (Å²) in [6, 6.07) is 0.284. The van der Waals surface area contributed by atoms with Crippen molar-refractivity contribution in [3.05, 3.63) is 0 Å². The maximum atomic E-state index is 12.0. The second-order valence-electron chi connectivity index (χ2n) is 6.09. The molecular formula is C14H25N3O2. The zero-order valence-corrected chi connectivity index (χ0v) is 11.4. The van der Waals surface area contributed by atoms with E-state index in [0.29, 0.717) is 18.8 Å². The third kappa shape index (κ3) is 3.93. The van der Waals surface area contributed by atoms with Gasteiger partial charge in [-0.1, -0.05) is 12.8 Å². The normalized spacial score (nSPS) is 35.0. The van der Waals surface area contributed by atoms with Crippen LogP contribution in [0, 0.1) is 11.8 Å². The number of hydrogen-bond donors (Lipinski definition) is 3. The minimum Gasteiger partial charge on any atom is -0.369 e. The molecule has 2 aliphatic rings. The second kappa shape index (κ2) is 6.37. The average Bonchev–Trinajstić information content (AvgIpc) is 2.75. The van der Waals surface area contributed by atoms with E-state index in [9.17, 15) is 9.59 Å².